The summed E-state index contributed by atoms with van der Waals surface area (Å²) >= 11 is 1.46. The van der Waals surface area contributed by atoms with E-state index in [0.717, 1.165) is 5.01 Å². The van der Waals surface area contributed by atoms with Crippen molar-refractivity contribution in [2.45, 2.75) is 6.92 Å². The molecule has 3 rings (SSSR count). The molecule has 0 bridgehead atoms. The van der Waals surface area contributed by atoms with Crippen molar-refractivity contribution in [3.63, 3.8) is 0 Å². The van der Waals surface area contributed by atoms with Crippen LogP contribution in [-0.2, 0) is 4.79 Å². The van der Waals surface area contributed by atoms with E-state index >= 15 is 0 Å². The third-order valence-corrected chi connectivity index (χ3v) is 3.22. The summed E-state index contributed by atoms with van der Waals surface area (Å²) in [4.78, 5) is 24.1. The lowest BCUT2D eigenvalue weighted by molar-refractivity contribution is -0.114. The fourth-order valence-electron chi connectivity index (χ4n) is 1.67. The SMILES string of the molecule is CC(=O)Nc1cc(-c2nccs2)nc(-c2ccco2)n1. The quantitative estimate of drug-likeness (QED) is 0.800. The molecule has 0 radical (unpaired) electrons. The van der Waals surface area contributed by atoms with Gasteiger partial charge in [-0.15, -0.1) is 11.3 Å². The van der Waals surface area contributed by atoms with Gasteiger partial charge in [-0.3, -0.25) is 4.79 Å². The summed E-state index contributed by atoms with van der Waals surface area (Å²) in [5.41, 5.74) is 0.644. The number of carbonyl (C=O) groups is 1. The maximum absolute atomic E-state index is 11.2. The van der Waals surface area contributed by atoms with Crippen molar-refractivity contribution in [3.05, 3.63) is 36.0 Å². The van der Waals surface area contributed by atoms with Gasteiger partial charge >= 0.3 is 0 Å². The number of hydrogen-bond acceptors (Lipinski definition) is 6. The molecule has 0 aliphatic carbocycles. The fourth-order valence-corrected chi connectivity index (χ4v) is 2.26. The maximum atomic E-state index is 11.2. The minimum Gasteiger partial charge on any atom is -0.461 e. The molecule has 0 atom stereocenters. The molecule has 100 valence electrons. The number of furan rings is 1. The van der Waals surface area contributed by atoms with Crippen LogP contribution in [0.3, 0.4) is 0 Å². The first-order valence-electron chi connectivity index (χ1n) is 5.83. The van der Waals surface area contributed by atoms with Crippen LogP contribution < -0.4 is 5.32 Å². The maximum Gasteiger partial charge on any atom is 0.222 e. The first kappa shape index (κ1) is 12.5. The molecule has 1 amide bonds. The van der Waals surface area contributed by atoms with Gasteiger partial charge in [0.05, 0.1) is 6.26 Å². The second-order valence-electron chi connectivity index (χ2n) is 3.96. The van der Waals surface area contributed by atoms with Gasteiger partial charge in [0, 0.05) is 24.6 Å². The third kappa shape index (κ3) is 2.57. The third-order valence-electron chi connectivity index (χ3n) is 2.42. The molecule has 3 aromatic rings. The Balaban J connectivity index is 2.10. The van der Waals surface area contributed by atoms with Crippen LogP contribution in [-0.4, -0.2) is 20.9 Å². The smallest absolute Gasteiger partial charge is 0.222 e. The van der Waals surface area contributed by atoms with Gasteiger partial charge in [0.1, 0.15) is 16.5 Å². The molecule has 0 aliphatic rings. The summed E-state index contributed by atoms with van der Waals surface area (Å²) < 4.78 is 5.30. The first-order chi connectivity index (χ1) is 9.72. The lowest BCUT2D eigenvalue weighted by atomic mass is 10.3. The highest BCUT2D eigenvalue weighted by molar-refractivity contribution is 7.13. The van der Waals surface area contributed by atoms with E-state index in [1.54, 1.807) is 30.7 Å². The summed E-state index contributed by atoms with van der Waals surface area (Å²) in [6.45, 7) is 1.43. The van der Waals surface area contributed by atoms with Crippen LogP contribution in [0, 0.1) is 0 Å². The Morgan fingerprint density at radius 1 is 1.40 bits per heavy atom. The van der Waals surface area contributed by atoms with E-state index in [-0.39, 0.29) is 5.91 Å². The molecule has 6 nitrogen and oxygen atoms in total. The van der Waals surface area contributed by atoms with E-state index in [1.165, 1.54) is 18.3 Å². The lowest BCUT2D eigenvalue weighted by Crippen LogP contribution is -2.08. The van der Waals surface area contributed by atoms with Crippen molar-refractivity contribution in [2.75, 3.05) is 5.32 Å². The van der Waals surface area contributed by atoms with Crippen LogP contribution in [0.5, 0.6) is 0 Å². The normalized spacial score (nSPS) is 10.4. The summed E-state index contributed by atoms with van der Waals surface area (Å²) in [6, 6.07) is 5.21. The molecule has 0 saturated heterocycles. The van der Waals surface area contributed by atoms with E-state index in [9.17, 15) is 4.79 Å². The van der Waals surface area contributed by atoms with Gasteiger partial charge in [0.15, 0.2) is 11.6 Å². The van der Waals surface area contributed by atoms with Crippen molar-refractivity contribution in [3.8, 4) is 22.3 Å². The zero-order valence-corrected chi connectivity index (χ0v) is 11.3. The largest absolute Gasteiger partial charge is 0.461 e. The Morgan fingerprint density at radius 2 is 2.30 bits per heavy atom. The first-order valence-corrected chi connectivity index (χ1v) is 6.71. The van der Waals surface area contributed by atoms with Gasteiger partial charge in [-0.2, -0.15) is 0 Å². The van der Waals surface area contributed by atoms with Crippen LogP contribution in [0.2, 0.25) is 0 Å². The van der Waals surface area contributed by atoms with E-state index in [0.29, 0.717) is 23.1 Å². The second kappa shape index (κ2) is 5.22. The molecule has 0 fully saturated rings. The molecule has 0 aromatic carbocycles. The molecule has 1 N–H and O–H groups in total. The molecule has 7 heteroatoms. The van der Waals surface area contributed by atoms with Crippen molar-refractivity contribution < 1.29 is 9.21 Å². The molecule has 0 unspecified atom stereocenters. The van der Waals surface area contributed by atoms with E-state index in [4.69, 9.17) is 4.42 Å². The van der Waals surface area contributed by atoms with Crippen LogP contribution in [0.25, 0.3) is 22.3 Å². The molecule has 3 heterocycles. The molecular formula is C13H10N4O2S. The number of anilines is 1. The monoisotopic (exact) mass is 286 g/mol. The zero-order chi connectivity index (χ0) is 13.9. The van der Waals surface area contributed by atoms with E-state index in [1.807, 2.05) is 5.38 Å². The van der Waals surface area contributed by atoms with Crippen molar-refractivity contribution in [2.24, 2.45) is 0 Å². The van der Waals surface area contributed by atoms with Crippen molar-refractivity contribution in [1.82, 2.24) is 15.0 Å². The summed E-state index contributed by atoms with van der Waals surface area (Å²) in [6.07, 6.45) is 3.25. The molecular weight excluding hydrogens is 276 g/mol. The number of hydrogen-bond donors (Lipinski definition) is 1. The van der Waals surface area contributed by atoms with E-state index in [2.05, 4.69) is 20.3 Å². The second-order valence-corrected chi connectivity index (χ2v) is 4.85. The van der Waals surface area contributed by atoms with Crippen LogP contribution in [0.4, 0.5) is 5.82 Å². The molecule has 0 spiro atoms. The predicted molar refractivity (Wildman–Crippen MR) is 75.1 cm³/mol. The van der Waals surface area contributed by atoms with E-state index < -0.39 is 0 Å². The highest BCUT2D eigenvalue weighted by Crippen LogP contribution is 2.25. The Bertz CT molecular complexity index is 670. The number of amides is 1. The summed E-state index contributed by atoms with van der Waals surface area (Å²) in [5, 5.41) is 5.27. The standard InChI is InChI=1S/C13H10N4O2S/c1-8(18)15-11-7-9(13-14-4-6-20-13)16-12(17-11)10-3-2-5-19-10/h2-7H,1H3,(H,15,16,17,18). The van der Waals surface area contributed by atoms with Crippen LogP contribution in [0.1, 0.15) is 6.92 Å². The average Bonchev–Trinajstić information content (AvgIpc) is 3.11. The van der Waals surface area contributed by atoms with Gasteiger partial charge in [0.2, 0.25) is 5.91 Å². The fraction of sp³-hybridized carbons (Fsp3) is 0.0769. The van der Waals surface area contributed by atoms with Gasteiger partial charge in [-0.1, -0.05) is 0 Å². The van der Waals surface area contributed by atoms with Crippen LogP contribution >= 0.6 is 11.3 Å². The van der Waals surface area contributed by atoms with Crippen molar-refractivity contribution >= 4 is 23.1 Å². The Labute approximate surface area is 118 Å². The van der Waals surface area contributed by atoms with Gasteiger partial charge in [0.25, 0.3) is 0 Å². The number of nitrogens with zero attached hydrogens (tertiary/aromatic N) is 3. The Morgan fingerprint density at radius 3 is 2.95 bits per heavy atom. The zero-order valence-electron chi connectivity index (χ0n) is 10.5. The molecule has 0 saturated carbocycles. The van der Waals surface area contributed by atoms with Gasteiger partial charge < -0.3 is 9.73 Å². The lowest BCUT2D eigenvalue weighted by Gasteiger charge is -2.05. The number of thiazole rings is 1. The predicted octanol–water partition coefficient (Wildman–Crippen LogP) is 2.82. The molecule has 3 aromatic heterocycles. The summed E-state index contributed by atoms with van der Waals surface area (Å²) in [7, 11) is 0. The highest BCUT2D eigenvalue weighted by atomic mass is 32.1. The van der Waals surface area contributed by atoms with Crippen LogP contribution in [0.15, 0.2) is 40.5 Å². The van der Waals surface area contributed by atoms with Gasteiger partial charge in [-0.25, -0.2) is 15.0 Å². The minimum absolute atomic E-state index is 0.195. The molecule has 0 aliphatic heterocycles. The molecule has 20 heavy (non-hydrogen) atoms. The highest BCUT2D eigenvalue weighted by Gasteiger charge is 2.12. The Hall–Kier alpha value is -2.54. The average molecular weight is 286 g/mol. The summed E-state index contributed by atoms with van der Waals surface area (Å²) in [5.74, 6) is 1.17. The van der Waals surface area contributed by atoms with Crippen molar-refractivity contribution in [1.29, 1.82) is 0 Å². The number of nitrogens with one attached hydrogen (secondary N) is 1. The minimum atomic E-state index is -0.195. The Kier molecular flexibility index (Phi) is 3.26. The number of aromatic nitrogens is 3. The topological polar surface area (TPSA) is 80.9 Å². The van der Waals surface area contributed by atoms with Gasteiger partial charge in [-0.05, 0) is 12.1 Å². The number of rotatable bonds is 3. The number of carbonyl (C=O) groups excluding carboxylic acids is 1.